The van der Waals surface area contributed by atoms with E-state index >= 15 is 0 Å². The second-order valence-corrected chi connectivity index (χ2v) is 8.64. The summed E-state index contributed by atoms with van der Waals surface area (Å²) in [4.78, 5) is 2.34. The van der Waals surface area contributed by atoms with Crippen molar-refractivity contribution in [2.45, 2.75) is 44.9 Å². The smallest absolute Gasteiger partial charge is 0.153 e. The standard InChI is InChI=1S/C16H25NO2S/c1-13(2)20(18,19)12-11-17-10-6-9-16(17)15-8-5-4-7-14(15)3/h4-5,7-8,13,16H,6,9-12H2,1-3H3/t16-/m1/s1. The van der Waals surface area contributed by atoms with Crippen molar-refractivity contribution in [3.63, 3.8) is 0 Å². The van der Waals surface area contributed by atoms with Crippen LogP contribution in [-0.2, 0) is 9.84 Å². The zero-order valence-corrected chi connectivity index (χ0v) is 13.5. The molecule has 0 amide bonds. The fraction of sp³-hybridized carbons (Fsp3) is 0.625. The van der Waals surface area contributed by atoms with Gasteiger partial charge in [0.05, 0.1) is 11.0 Å². The van der Waals surface area contributed by atoms with Crippen molar-refractivity contribution < 1.29 is 8.42 Å². The summed E-state index contributed by atoms with van der Waals surface area (Å²) in [6.45, 7) is 7.32. The molecule has 0 saturated carbocycles. The van der Waals surface area contributed by atoms with E-state index in [4.69, 9.17) is 0 Å². The highest BCUT2D eigenvalue weighted by Gasteiger charge is 2.28. The van der Waals surface area contributed by atoms with Crippen LogP contribution in [0.1, 0.15) is 43.9 Å². The predicted molar refractivity (Wildman–Crippen MR) is 83.6 cm³/mol. The van der Waals surface area contributed by atoms with Crippen molar-refractivity contribution >= 4 is 9.84 Å². The maximum atomic E-state index is 12.0. The van der Waals surface area contributed by atoms with Crippen LogP contribution in [0.25, 0.3) is 0 Å². The number of likely N-dealkylation sites (tertiary alicyclic amines) is 1. The van der Waals surface area contributed by atoms with Gasteiger partial charge in [0.1, 0.15) is 0 Å². The third-order valence-electron chi connectivity index (χ3n) is 4.29. The molecule has 0 N–H and O–H groups in total. The summed E-state index contributed by atoms with van der Waals surface area (Å²) in [7, 11) is -2.94. The Morgan fingerprint density at radius 3 is 2.65 bits per heavy atom. The molecule has 1 fully saturated rings. The van der Waals surface area contributed by atoms with Crippen LogP contribution in [0.2, 0.25) is 0 Å². The van der Waals surface area contributed by atoms with Crippen LogP contribution in [0.4, 0.5) is 0 Å². The Kier molecular flexibility index (Phi) is 4.86. The van der Waals surface area contributed by atoms with Crippen LogP contribution in [0.15, 0.2) is 24.3 Å². The number of rotatable bonds is 5. The van der Waals surface area contributed by atoms with Gasteiger partial charge in [-0.3, -0.25) is 4.90 Å². The molecule has 0 unspecified atom stereocenters. The Morgan fingerprint density at radius 1 is 1.30 bits per heavy atom. The van der Waals surface area contributed by atoms with Gasteiger partial charge in [-0.25, -0.2) is 8.42 Å². The van der Waals surface area contributed by atoms with Crippen LogP contribution in [0.3, 0.4) is 0 Å². The summed E-state index contributed by atoms with van der Waals surface area (Å²) in [5.41, 5.74) is 2.66. The van der Waals surface area contributed by atoms with E-state index in [9.17, 15) is 8.42 Å². The van der Waals surface area contributed by atoms with E-state index in [-0.39, 0.29) is 11.0 Å². The van der Waals surface area contributed by atoms with Crippen molar-refractivity contribution in [2.24, 2.45) is 0 Å². The molecule has 4 heteroatoms. The molecule has 0 bridgehead atoms. The number of nitrogens with zero attached hydrogens (tertiary/aromatic N) is 1. The van der Waals surface area contributed by atoms with Gasteiger partial charge in [-0.1, -0.05) is 24.3 Å². The zero-order valence-electron chi connectivity index (χ0n) is 12.7. The molecular formula is C16H25NO2S. The summed E-state index contributed by atoms with van der Waals surface area (Å²) < 4.78 is 23.9. The summed E-state index contributed by atoms with van der Waals surface area (Å²) in [6, 6.07) is 8.83. The first kappa shape index (κ1) is 15.5. The molecule has 1 saturated heterocycles. The van der Waals surface area contributed by atoms with Gasteiger partial charge in [0.15, 0.2) is 9.84 Å². The van der Waals surface area contributed by atoms with Crippen LogP contribution in [0.5, 0.6) is 0 Å². The molecule has 0 radical (unpaired) electrons. The minimum Gasteiger partial charge on any atom is -0.295 e. The number of sulfone groups is 1. The van der Waals surface area contributed by atoms with E-state index in [1.54, 1.807) is 13.8 Å². The minimum atomic E-state index is -2.94. The second-order valence-electron chi connectivity index (χ2n) is 5.97. The molecule has 3 nitrogen and oxygen atoms in total. The highest BCUT2D eigenvalue weighted by atomic mass is 32.2. The Labute approximate surface area is 122 Å². The Bertz CT molecular complexity index is 551. The van der Waals surface area contributed by atoms with Crippen LogP contribution in [0, 0.1) is 6.92 Å². The van der Waals surface area contributed by atoms with Crippen molar-refractivity contribution in [1.29, 1.82) is 0 Å². The van der Waals surface area contributed by atoms with Crippen molar-refractivity contribution in [3.8, 4) is 0 Å². The van der Waals surface area contributed by atoms with Crippen molar-refractivity contribution in [1.82, 2.24) is 4.90 Å². The highest BCUT2D eigenvalue weighted by molar-refractivity contribution is 7.92. The maximum absolute atomic E-state index is 12.0. The average Bonchev–Trinajstić information content (AvgIpc) is 2.85. The first-order valence-corrected chi connectivity index (χ1v) is 9.14. The lowest BCUT2D eigenvalue weighted by Crippen LogP contribution is -2.31. The quantitative estimate of drug-likeness (QED) is 0.838. The monoisotopic (exact) mass is 295 g/mol. The van der Waals surface area contributed by atoms with E-state index in [1.165, 1.54) is 11.1 Å². The molecule has 1 aromatic carbocycles. The minimum absolute atomic E-state index is 0.271. The maximum Gasteiger partial charge on any atom is 0.153 e. The molecule has 1 atom stereocenters. The average molecular weight is 295 g/mol. The summed E-state index contributed by atoms with van der Waals surface area (Å²) >= 11 is 0. The van der Waals surface area contributed by atoms with E-state index in [0.717, 1.165) is 19.4 Å². The molecular weight excluding hydrogens is 270 g/mol. The van der Waals surface area contributed by atoms with Gasteiger partial charge >= 0.3 is 0 Å². The van der Waals surface area contributed by atoms with Gasteiger partial charge in [-0.05, 0) is 51.3 Å². The fourth-order valence-electron chi connectivity index (χ4n) is 2.89. The van der Waals surface area contributed by atoms with E-state index in [1.807, 2.05) is 0 Å². The van der Waals surface area contributed by atoms with Crippen LogP contribution < -0.4 is 0 Å². The summed E-state index contributed by atoms with van der Waals surface area (Å²) in [5.74, 6) is 0.271. The first-order chi connectivity index (χ1) is 9.42. The number of aryl methyl sites for hydroxylation is 1. The molecule has 1 aromatic rings. The Balaban J connectivity index is 2.07. The van der Waals surface area contributed by atoms with Gasteiger partial charge in [-0.15, -0.1) is 0 Å². The molecule has 1 aliphatic heterocycles. The number of benzene rings is 1. The topological polar surface area (TPSA) is 37.4 Å². The second kappa shape index (κ2) is 6.27. The van der Waals surface area contributed by atoms with Crippen LogP contribution in [-0.4, -0.2) is 37.4 Å². The van der Waals surface area contributed by atoms with Gasteiger partial charge in [0, 0.05) is 12.6 Å². The normalized spacial score (nSPS) is 20.7. The zero-order chi connectivity index (χ0) is 14.8. The lowest BCUT2D eigenvalue weighted by Gasteiger charge is -2.26. The lowest BCUT2D eigenvalue weighted by atomic mass is 9.99. The molecule has 0 spiro atoms. The number of hydrogen-bond donors (Lipinski definition) is 0. The molecule has 2 rings (SSSR count). The highest BCUT2D eigenvalue weighted by Crippen LogP contribution is 2.33. The van der Waals surface area contributed by atoms with E-state index < -0.39 is 9.84 Å². The molecule has 1 heterocycles. The fourth-order valence-corrected chi connectivity index (χ4v) is 3.85. The van der Waals surface area contributed by atoms with Crippen molar-refractivity contribution in [3.05, 3.63) is 35.4 Å². The third-order valence-corrected chi connectivity index (χ3v) is 6.48. The Morgan fingerprint density at radius 2 is 2.00 bits per heavy atom. The molecule has 1 aliphatic rings. The van der Waals surface area contributed by atoms with Gasteiger partial charge in [-0.2, -0.15) is 0 Å². The third kappa shape index (κ3) is 3.41. The molecule has 0 aromatic heterocycles. The largest absolute Gasteiger partial charge is 0.295 e. The molecule has 112 valence electrons. The molecule has 20 heavy (non-hydrogen) atoms. The first-order valence-electron chi connectivity index (χ1n) is 7.43. The van der Waals surface area contributed by atoms with Crippen molar-refractivity contribution in [2.75, 3.05) is 18.8 Å². The lowest BCUT2D eigenvalue weighted by molar-refractivity contribution is 0.271. The van der Waals surface area contributed by atoms with Gasteiger partial charge in [0.25, 0.3) is 0 Å². The number of hydrogen-bond acceptors (Lipinski definition) is 3. The van der Waals surface area contributed by atoms with Gasteiger partial charge in [0.2, 0.25) is 0 Å². The van der Waals surface area contributed by atoms with E-state index in [2.05, 4.69) is 36.1 Å². The Hall–Kier alpha value is -0.870. The molecule has 0 aliphatic carbocycles. The summed E-state index contributed by atoms with van der Waals surface area (Å²) in [6.07, 6.45) is 2.29. The summed E-state index contributed by atoms with van der Waals surface area (Å²) in [5, 5.41) is -0.276. The SMILES string of the molecule is Cc1ccccc1[C@H]1CCCN1CCS(=O)(=O)C(C)C. The van der Waals surface area contributed by atoms with Crippen LogP contribution >= 0.6 is 0 Å². The van der Waals surface area contributed by atoms with E-state index in [0.29, 0.717) is 12.6 Å². The van der Waals surface area contributed by atoms with Gasteiger partial charge < -0.3 is 0 Å². The predicted octanol–water partition coefficient (Wildman–Crippen LogP) is 2.96.